The van der Waals surface area contributed by atoms with Crippen molar-refractivity contribution in [1.29, 1.82) is 0 Å². The highest BCUT2D eigenvalue weighted by molar-refractivity contribution is 5.69. The van der Waals surface area contributed by atoms with Gasteiger partial charge in [0.2, 0.25) is 0 Å². The summed E-state index contributed by atoms with van der Waals surface area (Å²) < 4.78 is 4.82. The highest BCUT2D eigenvalue weighted by Gasteiger charge is 2.21. The van der Waals surface area contributed by atoms with Crippen LogP contribution in [-0.2, 0) is 4.74 Å². The Kier molecular flexibility index (Phi) is 4.02. The molecule has 1 fully saturated rings. The fourth-order valence-corrected chi connectivity index (χ4v) is 1.43. The lowest BCUT2D eigenvalue weighted by atomic mass is 10.2. The molecule has 1 N–H and O–H groups in total. The maximum absolute atomic E-state index is 11.0. The number of ether oxygens (including phenoxy) is 1. The zero-order valence-corrected chi connectivity index (χ0v) is 8.38. The van der Waals surface area contributed by atoms with Gasteiger partial charge < -0.3 is 15.0 Å². The highest BCUT2D eigenvalue weighted by atomic mass is 16.6. The van der Waals surface area contributed by atoms with Gasteiger partial charge in [-0.2, -0.15) is 0 Å². The van der Waals surface area contributed by atoms with E-state index in [2.05, 4.69) is 19.2 Å². The van der Waals surface area contributed by atoms with Crippen molar-refractivity contribution in [3.05, 3.63) is 0 Å². The summed E-state index contributed by atoms with van der Waals surface area (Å²) in [6.07, 6.45) is 0.826. The summed E-state index contributed by atoms with van der Waals surface area (Å²) in [5.41, 5.74) is 0. The van der Waals surface area contributed by atoms with E-state index in [0.29, 0.717) is 12.6 Å². The lowest BCUT2D eigenvalue weighted by Crippen LogP contribution is -2.32. The van der Waals surface area contributed by atoms with Crippen molar-refractivity contribution < 1.29 is 9.53 Å². The third-order valence-electron chi connectivity index (χ3n) is 2.23. The van der Waals surface area contributed by atoms with E-state index in [1.54, 1.807) is 4.90 Å². The van der Waals surface area contributed by atoms with Crippen LogP contribution in [-0.4, -0.2) is 43.3 Å². The molecule has 0 aromatic rings. The second-order valence-corrected chi connectivity index (χ2v) is 3.35. The number of hydrogen-bond donors (Lipinski definition) is 1. The average molecular weight is 186 g/mol. The van der Waals surface area contributed by atoms with E-state index in [1.165, 1.54) is 0 Å². The summed E-state index contributed by atoms with van der Waals surface area (Å²) in [6.45, 7) is 7.29. The predicted octanol–water partition coefficient (Wildman–Crippen LogP) is 0.827. The van der Waals surface area contributed by atoms with E-state index in [1.807, 2.05) is 0 Å². The van der Waals surface area contributed by atoms with Gasteiger partial charge in [0.15, 0.2) is 0 Å². The van der Waals surface area contributed by atoms with E-state index in [-0.39, 0.29) is 6.09 Å². The fourth-order valence-electron chi connectivity index (χ4n) is 1.43. The zero-order chi connectivity index (χ0) is 9.68. The van der Waals surface area contributed by atoms with Gasteiger partial charge in [-0.05, 0) is 19.9 Å². The van der Waals surface area contributed by atoms with Crippen LogP contribution in [0.25, 0.3) is 0 Å². The molecule has 0 aliphatic carbocycles. The Hall–Kier alpha value is -0.770. The number of cyclic esters (lactones) is 1. The van der Waals surface area contributed by atoms with E-state index in [0.717, 1.165) is 26.1 Å². The van der Waals surface area contributed by atoms with E-state index < -0.39 is 0 Å². The monoisotopic (exact) mass is 186 g/mol. The van der Waals surface area contributed by atoms with Crippen LogP contribution in [0.3, 0.4) is 0 Å². The minimum atomic E-state index is -0.163. The summed E-state index contributed by atoms with van der Waals surface area (Å²) in [5, 5.41) is 3.31. The molecule has 0 saturated carbocycles. The molecule has 76 valence electrons. The standard InChI is InChI=1S/C9H18N2O2/c1-3-10-8(2)4-5-11-6-7-13-9(11)12/h8,10H,3-7H2,1-2H3. The Bertz CT molecular complexity index is 173. The van der Waals surface area contributed by atoms with Crippen molar-refractivity contribution in [3.8, 4) is 0 Å². The molecule has 1 saturated heterocycles. The van der Waals surface area contributed by atoms with Crippen LogP contribution in [0.2, 0.25) is 0 Å². The van der Waals surface area contributed by atoms with E-state index >= 15 is 0 Å². The molecule has 1 amide bonds. The van der Waals surface area contributed by atoms with Gasteiger partial charge >= 0.3 is 6.09 Å². The van der Waals surface area contributed by atoms with Crippen LogP contribution < -0.4 is 5.32 Å². The van der Waals surface area contributed by atoms with Crippen molar-refractivity contribution in [3.63, 3.8) is 0 Å². The topological polar surface area (TPSA) is 41.6 Å². The number of hydrogen-bond acceptors (Lipinski definition) is 3. The maximum Gasteiger partial charge on any atom is 0.409 e. The van der Waals surface area contributed by atoms with E-state index in [9.17, 15) is 4.79 Å². The minimum Gasteiger partial charge on any atom is -0.448 e. The number of rotatable bonds is 5. The third kappa shape index (κ3) is 3.22. The molecule has 0 radical (unpaired) electrons. The van der Waals surface area contributed by atoms with Crippen LogP contribution in [0, 0.1) is 0 Å². The first-order chi connectivity index (χ1) is 6.24. The second-order valence-electron chi connectivity index (χ2n) is 3.35. The predicted molar refractivity (Wildman–Crippen MR) is 50.7 cm³/mol. The molecule has 1 heterocycles. The van der Waals surface area contributed by atoms with Gasteiger partial charge in [-0.1, -0.05) is 6.92 Å². The fraction of sp³-hybridized carbons (Fsp3) is 0.889. The molecule has 0 aromatic heterocycles. The number of nitrogens with zero attached hydrogens (tertiary/aromatic N) is 1. The van der Waals surface area contributed by atoms with Crippen molar-refractivity contribution in [2.75, 3.05) is 26.2 Å². The molecule has 0 aromatic carbocycles. The minimum absolute atomic E-state index is 0.163. The van der Waals surface area contributed by atoms with Crippen molar-refractivity contribution in [1.82, 2.24) is 10.2 Å². The summed E-state index contributed by atoms with van der Waals surface area (Å²) in [5.74, 6) is 0. The average Bonchev–Trinajstić information content (AvgIpc) is 2.48. The van der Waals surface area contributed by atoms with Crippen molar-refractivity contribution in [2.45, 2.75) is 26.3 Å². The number of amides is 1. The van der Waals surface area contributed by atoms with Crippen molar-refractivity contribution in [2.24, 2.45) is 0 Å². The molecular formula is C9H18N2O2. The first-order valence-electron chi connectivity index (χ1n) is 4.89. The quantitative estimate of drug-likeness (QED) is 0.691. The van der Waals surface area contributed by atoms with Crippen LogP contribution in [0.5, 0.6) is 0 Å². The molecule has 4 heteroatoms. The molecule has 1 rings (SSSR count). The Morgan fingerprint density at radius 3 is 3.00 bits per heavy atom. The molecule has 1 unspecified atom stereocenters. The van der Waals surface area contributed by atoms with Gasteiger partial charge in [-0.15, -0.1) is 0 Å². The number of carbonyl (C=O) groups is 1. The summed E-state index contributed by atoms with van der Waals surface area (Å²) in [4.78, 5) is 12.8. The first kappa shape index (κ1) is 10.3. The van der Waals surface area contributed by atoms with E-state index in [4.69, 9.17) is 4.74 Å². The Morgan fingerprint density at radius 2 is 2.46 bits per heavy atom. The lowest BCUT2D eigenvalue weighted by Gasteiger charge is -2.16. The normalized spacial score (nSPS) is 18.9. The van der Waals surface area contributed by atoms with Gasteiger partial charge in [0.1, 0.15) is 6.61 Å². The van der Waals surface area contributed by atoms with Gasteiger partial charge in [-0.3, -0.25) is 0 Å². The Balaban J connectivity index is 2.14. The summed E-state index contributed by atoms with van der Waals surface area (Å²) in [6, 6.07) is 0.471. The summed E-state index contributed by atoms with van der Waals surface area (Å²) in [7, 11) is 0. The van der Waals surface area contributed by atoms with Crippen LogP contribution >= 0.6 is 0 Å². The Labute approximate surface area is 79.2 Å². The second kappa shape index (κ2) is 5.07. The number of carbonyl (C=O) groups excluding carboxylic acids is 1. The molecule has 0 spiro atoms. The Morgan fingerprint density at radius 1 is 1.69 bits per heavy atom. The molecule has 1 aliphatic heterocycles. The van der Waals surface area contributed by atoms with Crippen LogP contribution in [0.4, 0.5) is 4.79 Å². The molecule has 1 aliphatic rings. The van der Waals surface area contributed by atoms with Crippen LogP contribution in [0.15, 0.2) is 0 Å². The highest BCUT2D eigenvalue weighted by Crippen LogP contribution is 2.04. The molecule has 4 nitrogen and oxygen atoms in total. The molecule has 1 atom stereocenters. The van der Waals surface area contributed by atoms with Gasteiger partial charge in [0, 0.05) is 12.6 Å². The summed E-state index contributed by atoms with van der Waals surface area (Å²) >= 11 is 0. The number of nitrogens with one attached hydrogen (secondary N) is 1. The molecule has 13 heavy (non-hydrogen) atoms. The van der Waals surface area contributed by atoms with Gasteiger partial charge in [-0.25, -0.2) is 4.79 Å². The molecule has 0 bridgehead atoms. The third-order valence-corrected chi connectivity index (χ3v) is 2.23. The van der Waals surface area contributed by atoms with Gasteiger partial charge in [0.05, 0.1) is 6.54 Å². The SMILES string of the molecule is CCNC(C)CCN1CCOC1=O. The smallest absolute Gasteiger partial charge is 0.409 e. The largest absolute Gasteiger partial charge is 0.448 e. The lowest BCUT2D eigenvalue weighted by molar-refractivity contribution is 0.157. The van der Waals surface area contributed by atoms with Gasteiger partial charge in [0.25, 0.3) is 0 Å². The maximum atomic E-state index is 11.0. The van der Waals surface area contributed by atoms with Crippen LogP contribution in [0.1, 0.15) is 20.3 Å². The zero-order valence-electron chi connectivity index (χ0n) is 8.38. The molecular weight excluding hydrogens is 168 g/mol. The van der Waals surface area contributed by atoms with Crippen molar-refractivity contribution >= 4 is 6.09 Å². The first-order valence-corrected chi connectivity index (χ1v) is 4.89.